The number of ether oxygens (including phenoxy) is 3. The number of pyridine rings is 1. The van der Waals surface area contributed by atoms with Gasteiger partial charge < -0.3 is 14.2 Å². The molecule has 0 radical (unpaired) electrons. The van der Waals surface area contributed by atoms with Gasteiger partial charge in [-0.1, -0.05) is 38.7 Å². The number of hydrogen-bond acceptors (Lipinski definition) is 7. The zero-order valence-corrected chi connectivity index (χ0v) is 22.5. The summed E-state index contributed by atoms with van der Waals surface area (Å²) in [6.07, 6.45) is 2.59. The average molecular weight is 510 g/mol. The number of nitrogens with zero attached hydrogens (tertiary/aromatic N) is 1. The lowest BCUT2D eigenvalue weighted by atomic mass is 9.55. The van der Waals surface area contributed by atoms with Gasteiger partial charge in [0.25, 0.3) is 0 Å². The minimum atomic E-state index is -1.40. The molecule has 4 unspecified atom stereocenters. The Morgan fingerprint density at radius 2 is 1.75 bits per heavy atom. The van der Waals surface area contributed by atoms with Crippen molar-refractivity contribution in [3.63, 3.8) is 0 Å². The average Bonchev–Trinajstić information content (AvgIpc) is 2.85. The maximum Gasteiger partial charge on any atom is 0.310 e. The Morgan fingerprint density at radius 3 is 2.44 bits per heavy atom. The second kappa shape index (κ2) is 10.9. The van der Waals surface area contributed by atoms with Crippen LogP contribution in [0.15, 0.2) is 42.6 Å². The molecular formula is C28H35NO6Si. The summed E-state index contributed by atoms with van der Waals surface area (Å²) in [7, 11) is -1.40. The van der Waals surface area contributed by atoms with Crippen molar-refractivity contribution >= 4 is 25.8 Å². The van der Waals surface area contributed by atoms with E-state index in [1.807, 2.05) is 43.3 Å². The maximum absolute atomic E-state index is 13.3. The molecule has 0 saturated heterocycles. The zero-order chi connectivity index (χ0) is 25.9. The van der Waals surface area contributed by atoms with Gasteiger partial charge in [-0.2, -0.15) is 0 Å². The first-order chi connectivity index (χ1) is 17.2. The van der Waals surface area contributed by atoms with Crippen LogP contribution in [0.3, 0.4) is 0 Å². The molecule has 192 valence electrons. The molecule has 1 aromatic heterocycles. The molecule has 8 heteroatoms. The van der Waals surface area contributed by atoms with E-state index in [4.69, 9.17) is 14.2 Å². The van der Waals surface area contributed by atoms with Crippen LogP contribution >= 0.6 is 0 Å². The summed E-state index contributed by atoms with van der Waals surface area (Å²) in [6.45, 7) is 9.44. The first kappa shape index (κ1) is 26.1. The van der Waals surface area contributed by atoms with Crippen molar-refractivity contribution in [3.8, 4) is 5.75 Å². The third-order valence-electron chi connectivity index (χ3n) is 6.94. The largest absolute Gasteiger partial charge is 0.487 e. The predicted octanol–water partition coefficient (Wildman–Crippen LogP) is 4.88. The van der Waals surface area contributed by atoms with E-state index >= 15 is 0 Å². The lowest BCUT2D eigenvalue weighted by Crippen LogP contribution is -2.50. The summed E-state index contributed by atoms with van der Waals surface area (Å²) < 4.78 is 17.1. The van der Waals surface area contributed by atoms with E-state index < -0.39 is 43.7 Å². The van der Waals surface area contributed by atoms with Crippen LogP contribution < -0.4 is 4.74 Å². The Balaban J connectivity index is 1.62. The molecule has 1 saturated carbocycles. The lowest BCUT2D eigenvalue weighted by Gasteiger charge is -2.46. The Hall–Kier alpha value is -3.00. The van der Waals surface area contributed by atoms with Crippen molar-refractivity contribution in [2.75, 3.05) is 13.2 Å². The van der Waals surface area contributed by atoms with Gasteiger partial charge in [-0.3, -0.25) is 19.4 Å². The van der Waals surface area contributed by atoms with E-state index in [0.29, 0.717) is 18.8 Å². The van der Waals surface area contributed by atoms with E-state index in [1.165, 1.54) is 0 Å². The number of carbonyl (C=O) groups is 3. The third-order valence-corrected chi connectivity index (χ3v) is 8.65. The van der Waals surface area contributed by atoms with E-state index in [2.05, 4.69) is 24.6 Å². The van der Waals surface area contributed by atoms with E-state index in [9.17, 15) is 14.4 Å². The van der Waals surface area contributed by atoms with Crippen molar-refractivity contribution in [2.45, 2.75) is 63.9 Å². The fraction of sp³-hybridized carbons (Fsp3) is 0.500. The fourth-order valence-electron chi connectivity index (χ4n) is 5.14. The molecule has 4 atom stereocenters. The molecule has 3 aliphatic rings. The summed E-state index contributed by atoms with van der Waals surface area (Å²) in [5, 5.41) is 0. The number of carbonyl (C=O) groups excluding carboxylic acids is 3. The Morgan fingerprint density at radius 1 is 1.00 bits per heavy atom. The minimum Gasteiger partial charge on any atom is -0.487 e. The monoisotopic (exact) mass is 509 g/mol. The number of benzene rings is 1. The number of esters is 2. The third kappa shape index (κ3) is 5.69. The van der Waals surface area contributed by atoms with Gasteiger partial charge in [-0.15, -0.1) is 0 Å². The quantitative estimate of drug-likeness (QED) is 0.333. The number of aromatic nitrogens is 1. The van der Waals surface area contributed by atoms with Gasteiger partial charge in [-0.05, 0) is 47.9 Å². The lowest BCUT2D eigenvalue weighted by molar-refractivity contribution is -0.167. The van der Waals surface area contributed by atoms with Crippen molar-refractivity contribution in [1.82, 2.24) is 4.98 Å². The molecule has 0 amide bonds. The Kier molecular flexibility index (Phi) is 7.93. The number of rotatable bonds is 10. The van der Waals surface area contributed by atoms with Gasteiger partial charge in [0.15, 0.2) is 0 Å². The van der Waals surface area contributed by atoms with Gasteiger partial charge in [0.1, 0.15) is 18.1 Å². The van der Waals surface area contributed by atoms with Crippen molar-refractivity contribution in [2.24, 2.45) is 11.8 Å². The minimum absolute atomic E-state index is 0.0426. The highest BCUT2D eigenvalue weighted by Crippen LogP contribution is 2.55. The standard InChI is InChI=1S/C28H35NO6Si/c1-5-12-33-28(32)26-24-21-15-19(35-17-18-8-6-7-11-29-18)9-10-20(21)22(16-23(24)30)25(26)27(31)34-13-14-36(2,3)4/h6-11,15,22,24-26H,5,12-14,16-17H2,1-4H3. The highest BCUT2D eigenvalue weighted by atomic mass is 28.3. The highest BCUT2D eigenvalue weighted by molar-refractivity contribution is 6.76. The topological polar surface area (TPSA) is 91.8 Å². The Labute approximate surface area is 213 Å². The molecule has 0 aliphatic heterocycles. The molecule has 1 fully saturated rings. The number of Topliss-reactive ketones (excluding diaryl/α,β-unsaturated/α-hetero) is 1. The fourth-order valence-corrected chi connectivity index (χ4v) is 5.85. The molecule has 5 rings (SSSR count). The van der Waals surface area contributed by atoms with E-state index in [0.717, 1.165) is 22.9 Å². The second-order valence-corrected chi connectivity index (χ2v) is 16.5. The SMILES string of the molecule is CCCOC(=O)C1C2C(=O)CC(c3ccc(OCc4ccccn4)cc32)C1C(=O)OCC[Si](C)(C)C. The van der Waals surface area contributed by atoms with Crippen LogP contribution in [-0.2, 0) is 30.5 Å². The van der Waals surface area contributed by atoms with Crippen LogP contribution in [0.4, 0.5) is 0 Å². The molecule has 7 nitrogen and oxygen atoms in total. The number of ketones is 1. The summed E-state index contributed by atoms with van der Waals surface area (Å²) in [5.41, 5.74) is 2.45. The van der Waals surface area contributed by atoms with E-state index in [-0.39, 0.29) is 25.4 Å². The molecule has 3 aliphatic carbocycles. The molecule has 0 spiro atoms. The van der Waals surface area contributed by atoms with Crippen LogP contribution in [0.1, 0.15) is 48.4 Å². The zero-order valence-electron chi connectivity index (χ0n) is 21.5. The van der Waals surface area contributed by atoms with E-state index in [1.54, 1.807) is 6.20 Å². The second-order valence-electron chi connectivity index (χ2n) is 10.9. The summed E-state index contributed by atoms with van der Waals surface area (Å²) in [4.78, 5) is 44.1. The van der Waals surface area contributed by atoms with Crippen LogP contribution in [-0.4, -0.2) is 44.0 Å². The van der Waals surface area contributed by atoms with Crippen LogP contribution in [0.5, 0.6) is 5.75 Å². The van der Waals surface area contributed by atoms with Gasteiger partial charge in [-0.25, -0.2) is 0 Å². The first-order valence-electron chi connectivity index (χ1n) is 12.7. The van der Waals surface area contributed by atoms with Gasteiger partial charge in [0.05, 0.1) is 36.7 Å². The van der Waals surface area contributed by atoms with Gasteiger partial charge in [0.2, 0.25) is 0 Å². The summed E-state index contributed by atoms with van der Waals surface area (Å²) >= 11 is 0. The van der Waals surface area contributed by atoms with Crippen LogP contribution in [0, 0.1) is 11.8 Å². The van der Waals surface area contributed by atoms with Gasteiger partial charge in [0, 0.05) is 26.6 Å². The molecule has 0 N–H and O–H groups in total. The smallest absolute Gasteiger partial charge is 0.310 e. The molecular weight excluding hydrogens is 474 g/mol. The molecule has 36 heavy (non-hydrogen) atoms. The number of fused-ring (bicyclic) bond motifs is 2. The van der Waals surface area contributed by atoms with Gasteiger partial charge >= 0.3 is 11.9 Å². The van der Waals surface area contributed by atoms with Crippen molar-refractivity contribution in [1.29, 1.82) is 0 Å². The van der Waals surface area contributed by atoms with Crippen LogP contribution in [0.25, 0.3) is 0 Å². The highest BCUT2D eigenvalue weighted by Gasteiger charge is 2.57. The Bertz CT molecular complexity index is 1110. The molecule has 1 heterocycles. The summed E-state index contributed by atoms with van der Waals surface area (Å²) in [5.74, 6) is -3.14. The predicted molar refractivity (Wildman–Crippen MR) is 137 cm³/mol. The molecule has 2 bridgehead atoms. The molecule has 2 aromatic rings. The first-order valence-corrected chi connectivity index (χ1v) is 16.4. The van der Waals surface area contributed by atoms with Crippen LogP contribution in [0.2, 0.25) is 25.7 Å². The normalized spacial score (nSPS) is 22.6. The van der Waals surface area contributed by atoms with Crippen molar-refractivity contribution in [3.05, 3.63) is 59.4 Å². The molecule has 1 aromatic carbocycles. The maximum atomic E-state index is 13.3. The summed E-state index contributed by atoms with van der Waals surface area (Å²) in [6, 6.07) is 12.1. The van der Waals surface area contributed by atoms with Crippen molar-refractivity contribution < 1.29 is 28.6 Å². The number of hydrogen-bond donors (Lipinski definition) is 0.